The number of nitrogens with one attached hydrogen (secondary N) is 1. The zero-order chi connectivity index (χ0) is 28.1. The SMILES string of the molecule is Cc1cc(N=C2NC(C3=CCCN(C(=O)OC(C)(C)C)C3)=CN3C2=NCC3c2cnn(C)c2)sc1S(C)(=O)=O. The summed E-state index contributed by atoms with van der Waals surface area (Å²) in [6.07, 6.45) is 9.48. The van der Waals surface area contributed by atoms with Gasteiger partial charge in [0, 0.05) is 37.8 Å². The lowest BCUT2D eigenvalue weighted by atomic mass is 10.0. The number of rotatable bonds is 4. The molecule has 0 spiro atoms. The number of hydrogen-bond donors (Lipinski definition) is 1. The van der Waals surface area contributed by atoms with Crippen molar-refractivity contribution in [2.24, 2.45) is 17.0 Å². The number of thiophene rings is 1. The van der Waals surface area contributed by atoms with Crippen molar-refractivity contribution in [3.8, 4) is 0 Å². The topological polar surface area (TPSA) is 121 Å². The Hall–Kier alpha value is -3.45. The monoisotopic (exact) mass is 571 g/mol. The molecule has 2 aromatic rings. The van der Waals surface area contributed by atoms with Gasteiger partial charge in [-0.1, -0.05) is 6.08 Å². The average Bonchev–Trinajstić information content (AvgIpc) is 3.55. The Morgan fingerprint density at radius 3 is 2.72 bits per heavy atom. The Labute approximate surface area is 232 Å². The maximum absolute atomic E-state index is 12.8. The second-order valence-corrected chi connectivity index (χ2v) is 14.2. The van der Waals surface area contributed by atoms with Crippen LogP contribution in [0.3, 0.4) is 0 Å². The molecule has 5 heterocycles. The standard InChI is InChI=1S/C26H33N7O4S2/c1-16-10-21(38-24(16)39(6,35)36)30-22-23-27-12-20(18-11-28-31(5)13-18)33(23)15-19(29-22)17-8-7-9-32(14-17)25(34)37-26(2,3)4/h8,10-11,13,15,20H,7,9,12,14H2,1-6H3,(H,29,30). The maximum atomic E-state index is 12.8. The lowest BCUT2D eigenvalue weighted by Crippen LogP contribution is -2.46. The zero-order valence-electron chi connectivity index (χ0n) is 22.9. The molecule has 3 aliphatic heterocycles. The first-order chi connectivity index (χ1) is 18.3. The van der Waals surface area contributed by atoms with Crippen molar-refractivity contribution in [1.29, 1.82) is 0 Å². The highest BCUT2D eigenvalue weighted by molar-refractivity contribution is 7.92. The molecule has 13 heteroatoms. The Balaban J connectivity index is 1.50. The second-order valence-electron chi connectivity index (χ2n) is 10.9. The van der Waals surface area contributed by atoms with Crippen LogP contribution < -0.4 is 5.32 Å². The minimum atomic E-state index is -3.36. The maximum Gasteiger partial charge on any atom is 0.410 e. The van der Waals surface area contributed by atoms with Crippen LogP contribution in [0.5, 0.6) is 0 Å². The summed E-state index contributed by atoms with van der Waals surface area (Å²) in [7, 11) is -1.48. The van der Waals surface area contributed by atoms with Gasteiger partial charge in [0.05, 0.1) is 31.0 Å². The summed E-state index contributed by atoms with van der Waals surface area (Å²) in [6, 6.07) is 1.70. The van der Waals surface area contributed by atoms with Crippen LogP contribution in [0.15, 0.2) is 56.2 Å². The van der Waals surface area contributed by atoms with Crippen LogP contribution in [0.2, 0.25) is 0 Å². The Bertz CT molecular complexity index is 1540. The zero-order valence-corrected chi connectivity index (χ0v) is 24.6. The highest BCUT2D eigenvalue weighted by Gasteiger charge is 2.37. The second kappa shape index (κ2) is 9.94. The number of fused-ring (bicyclic) bond motifs is 1. The smallest absolute Gasteiger partial charge is 0.410 e. The third kappa shape index (κ3) is 5.78. The molecule has 208 valence electrons. The third-order valence-electron chi connectivity index (χ3n) is 6.40. The van der Waals surface area contributed by atoms with Crippen LogP contribution in [0.1, 0.15) is 44.4 Å². The quantitative estimate of drug-likeness (QED) is 0.594. The number of ether oxygens (including phenoxy) is 1. The Morgan fingerprint density at radius 2 is 2.08 bits per heavy atom. The first-order valence-electron chi connectivity index (χ1n) is 12.7. The molecule has 11 nitrogen and oxygen atoms in total. The van der Waals surface area contributed by atoms with Crippen molar-refractivity contribution in [3.05, 3.63) is 53.1 Å². The highest BCUT2D eigenvalue weighted by atomic mass is 32.2. The lowest BCUT2D eigenvalue weighted by molar-refractivity contribution is 0.0263. The van der Waals surface area contributed by atoms with Crippen LogP contribution in [-0.4, -0.2) is 77.3 Å². The van der Waals surface area contributed by atoms with Crippen molar-refractivity contribution < 1.29 is 17.9 Å². The van der Waals surface area contributed by atoms with E-state index in [1.54, 1.807) is 22.6 Å². The van der Waals surface area contributed by atoms with Gasteiger partial charge in [0.15, 0.2) is 21.5 Å². The Morgan fingerprint density at radius 1 is 1.31 bits per heavy atom. The normalized spacial score (nSPS) is 20.8. The fourth-order valence-electron chi connectivity index (χ4n) is 4.72. The average molecular weight is 572 g/mol. The molecule has 0 bridgehead atoms. The van der Waals surface area contributed by atoms with E-state index in [-0.39, 0.29) is 12.1 Å². The Kier molecular flexibility index (Phi) is 6.91. The molecule has 0 radical (unpaired) electrons. The summed E-state index contributed by atoms with van der Waals surface area (Å²) < 4.78 is 32.1. The number of nitrogens with zero attached hydrogens (tertiary/aromatic N) is 6. The van der Waals surface area contributed by atoms with Crippen LogP contribution in [-0.2, 0) is 21.6 Å². The van der Waals surface area contributed by atoms with Crippen molar-refractivity contribution in [2.75, 3.05) is 25.9 Å². The van der Waals surface area contributed by atoms with E-state index in [2.05, 4.69) is 21.4 Å². The molecule has 5 rings (SSSR count). The van der Waals surface area contributed by atoms with Gasteiger partial charge in [-0.25, -0.2) is 18.2 Å². The fourth-order valence-corrected chi connectivity index (χ4v) is 7.00. The van der Waals surface area contributed by atoms with Crippen molar-refractivity contribution in [1.82, 2.24) is 24.9 Å². The van der Waals surface area contributed by atoms with E-state index in [4.69, 9.17) is 14.7 Å². The molecule has 3 aliphatic rings. The van der Waals surface area contributed by atoms with Gasteiger partial charge in [-0.3, -0.25) is 9.67 Å². The molecular weight excluding hydrogens is 538 g/mol. The molecule has 1 N–H and O–H groups in total. The summed E-state index contributed by atoms with van der Waals surface area (Å²) in [4.78, 5) is 26.2. The number of sulfone groups is 1. The van der Waals surface area contributed by atoms with Gasteiger partial charge in [-0.15, -0.1) is 11.3 Å². The number of carbonyl (C=O) groups is 1. The van der Waals surface area contributed by atoms with E-state index in [0.29, 0.717) is 52.5 Å². The van der Waals surface area contributed by atoms with Gasteiger partial charge in [0.2, 0.25) is 0 Å². The fraction of sp³-hybridized carbons (Fsp3) is 0.462. The van der Waals surface area contributed by atoms with E-state index in [9.17, 15) is 13.2 Å². The summed E-state index contributed by atoms with van der Waals surface area (Å²) in [5.41, 5.74) is 2.84. The highest BCUT2D eigenvalue weighted by Crippen LogP contribution is 2.35. The van der Waals surface area contributed by atoms with E-state index in [1.807, 2.05) is 46.4 Å². The van der Waals surface area contributed by atoms with E-state index < -0.39 is 15.4 Å². The summed E-state index contributed by atoms with van der Waals surface area (Å²) in [5, 5.41) is 8.33. The molecule has 1 unspecified atom stereocenters. The molecule has 2 aromatic heterocycles. The van der Waals surface area contributed by atoms with Crippen molar-refractivity contribution in [3.63, 3.8) is 0 Å². The molecule has 1 atom stereocenters. The largest absolute Gasteiger partial charge is 0.444 e. The van der Waals surface area contributed by atoms with Gasteiger partial charge >= 0.3 is 6.09 Å². The van der Waals surface area contributed by atoms with Crippen molar-refractivity contribution >= 4 is 43.9 Å². The predicted octanol–water partition coefficient (Wildman–Crippen LogP) is 3.69. The molecule has 0 saturated carbocycles. The molecule has 39 heavy (non-hydrogen) atoms. The summed E-state index contributed by atoms with van der Waals surface area (Å²) in [6.45, 7) is 8.81. The van der Waals surface area contributed by atoms with Gasteiger partial charge in [0.1, 0.15) is 14.8 Å². The number of amides is 1. The van der Waals surface area contributed by atoms with Gasteiger partial charge < -0.3 is 19.9 Å². The number of aryl methyl sites for hydroxylation is 2. The van der Waals surface area contributed by atoms with Crippen LogP contribution in [0, 0.1) is 6.92 Å². The van der Waals surface area contributed by atoms with Gasteiger partial charge in [-0.05, 0) is 51.3 Å². The van der Waals surface area contributed by atoms with Crippen LogP contribution in [0.4, 0.5) is 9.80 Å². The number of hydrogen-bond acceptors (Lipinski definition) is 9. The number of aromatic nitrogens is 2. The molecule has 0 fully saturated rings. The van der Waals surface area contributed by atoms with E-state index in [0.717, 1.165) is 28.2 Å². The third-order valence-corrected chi connectivity index (χ3v) is 9.48. The number of carbonyl (C=O) groups excluding carboxylic acids is 1. The minimum absolute atomic E-state index is 0.0706. The first-order valence-corrected chi connectivity index (χ1v) is 15.4. The molecule has 0 saturated heterocycles. The predicted molar refractivity (Wildman–Crippen MR) is 151 cm³/mol. The minimum Gasteiger partial charge on any atom is -0.444 e. The van der Waals surface area contributed by atoms with Crippen molar-refractivity contribution in [2.45, 2.75) is 50.0 Å². The van der Waals surface area contributed by atoms with Crippen LogP contribution >= 0.6 is 11.3 Å². The summed E-state index contributed by atoms with van der Waals surface area (Å²) >= 11 is 1.14. The van der Waals surface area contributed by atoms with Crippen LogP contribution in [0.25, 0.3) is 0 Å². The molecule has 0 aliphatic carbocycles. The van der Waals surface area contributed by atoms with E-state index >= 15 is 0 Å². The number of amidine groups is 2. The first kappa shape index (κ1) is 27.1. The number of aliphatic imine (C=N–C) groups is 2. The summed E-state index contributed by atoms with van der Waals surface area (Å²) in [5.74, 6) is 1.19. The lowest BCUT2D eigenvalue weighted by Gasteiger charge is -2.34. The molecule has 1 amide bonds. The molecule has 0 aromatic carbocycles. The van der Waals surface area contributed by atoms with E-state index in [1.165, 1.54) is 6.26 Å². The van der Waals surface area contributed by atoms with Gasteiger partial charge in [-0.2, -0.15) is 5.10 Å². The van der Waals surface area contributed by atoms with Gasteiger partial charge in [0.25, 0.3) is 0 Å². The molecular formula is C26H33N7O4S2.